The third-order valence-corrected chi connectivity index (χ3v) is 4.73. The second-order valence-corrected chi connectivity index (χ2v) is 6.34. The summed E-state index contributed by atoms with van der Waals surface area (Å²) in [5.74, 6) is 4.34. The molecule has 1 aliphatic carbocycles. The number of aromatic nitrogens is 5. The predicted molar refractivity (Wildman–Crippen MR) is 79.0 cm³/mol. The summed E-state index contributed by atoms with van der Waals surface area (Å²) in [4.78, 5) is 6.90. The van der Waals surface area contributed by atoms with E-state index in [4.69, 9.17) is 4.52 Å². The second-order valence-electron chi connectivity index (χ2n) is 6.34. The maximum Gasteiger partial charge on any atom is 0.226 e. The van der Waals surface area contributed by atoms with Gasteiger partial charge in [0.15, 0.2) is 5.82 Å². The van der Waals surface area contributed by atoms with Gasteiger partial charge in [0.05, 0.1) is 12.6 Å². The average molecular weight is 302 g/mol. The highest BCUT2D eigenvalue weighted by Crippen LogP contribution is 2.39. The number of aryl methyl sites for hydroxylation is 1. The lowest BCUT2D eigenvalue weighted by Gasteiger charge is -2.21. The highest BCUT2D eigenvalue weighted by molar-refractivity contribution is 5.08. The van der Waals surface area contributed by atoms with E-state index in [1.54, 1.807) is 0 Å². The van der Waals surface area contributed by atoms with E-state index in [2.05, 4.69) is 36.9 Å². The maximum absolute atomic E-state index is 5.27. The first-order valence-electron chi connectivity index (χ1n) is 8.21. The summed E-state index contributed by atoms with van der Waals surface area (Å²) in [7, 11) is 2.08. The van der Waals surface area contributed by atoms with Crippen LogP contribution in [0.1, 0.15) is 67.9 Å². The fourth-order valence-electron chi connectivity index (χ4n) is 3.25. The van der Waals surface area contributed by atoms with Gasteiger partial charge in [0.2, 0.25) is 5.89 Å². The molecule has 0 aromatic carbocycles. The van der Waals surface area contributed by atoms with Crippen molar-refractivity contribution in [1.29, 1.82) is 0 Å². The predicted octanol–water partition coefficient (Wildman–Crippen LogP) is 1.98. The summed E-state index contributed by atoms with van der Waals surface area (Å²) in [6.07, 6.45) is 5.53. The molecule has 1 aliphatic heterocycles. The molecular formula is C15H22N6O. The highest BCUT2D eigenvalue weighted by atomic mass is 16.5. The first-order chi connectivity index (χ1) is 10.8. The molecule has 2 aliphatic rings. The van der Waals surface area contributed by atoms with Gasteiger partial charge in [-0.15, -0.1) is 10.2 Å². The normalized spacial score (nSPS) is 22.5. The molecular weight excluding hydrogens is 280 g/mol. The third-order valence-electron chi connectivity index (χ3n) is 4.73. The molecule has 1 unspecified atom stereocenters. The Kier molecular flexibility index (Phi) is 3.44. The summed E-state index contributed by atoms with van der Waals surface area (Å²) in [5.41, 5.74) is 0. The molecule has 0 spiro atoms. The molecule has 0 N–H and O–H groups in total. The van der Waals surface area contributed by atoms with E-state index in [1.165, 1.54) is 12.8 Å². The van der Waals surface area contributed by atoms with Crippen LogP contribution >= 0.6 is 0 Å². The molecule has 3 heterocycles. The Morgan fingerprint density at radius 2 is 2.09 bits per heavy atom. The molecule has 2 fully saturated rings. The molecule has 22 heavy (non-hydrogen) atoms. The number of hydrogen-bond acceptors (Lipinski definition) is 6. The van der Waals surface area contributed by atoms with Crippen molar-refractivity contribution in [3.05, 3.63) is 23.4 Å². The van der Waals surface area contributed by atoms with Gasteiger partial charge in [-0.3, -0.25) is 4.90 Å². The van der Waals surface area contributed by atoms with Gasteiger partial charge < -0.3 is 9.09 Å². The first kappa shape index (κ1) is 13.9. The van der Waals surface area contributed by atoms with Gasteiger partial charge in [0.1, 0.15) is 11.6 Å². The molecule has 1 saturated carbocycles. The van der Waals surface area contributed by atoms with Gasteiger partial charge in [-0.25, -0.2) is 0 Å². The van der Waals surface area contributed by atoms with Crippen LogP contribution in [0, 0.1) is 0 Å². The van der Waals surface area contributed by atoms with Crippen LogP contribution in [0.3, 0.4) is 0 Å². The molecule has 0 radical (unpaired) electrons. The lowest BCUT2D eigenvalue weighted by atomic mass is 10.2. The van der Waals surface area contributed by atoms with Gasteiger partial charge in [0.25, 0.3) is 0 Å². The van der Waals surface area contributed by atoms with Crippen molar-refractivity contribution in [2.45, 2.75) is 57.5 Å². The molecule has 1 atom stereocenters. The Balaban J connectivity index is 1.51. The van der Waals surface area contributed by atoms with Crippen LogP contribution in [0.4, 0.5) is 0 Å². The quantitative estimate of drug-likeness (QED) is 0.841. The van der Waals surface area contributed by atoms with E-state index in [0.29, 0.717) is 5.92 Å². The zero-order chi connectivity index (χ0) is 15.1. The molecule has 0 bridgehead atoms. The van der Waals surface area contributed by atoms with Crippen molar-refractivity contribution in [2.75, 3.05) is 6.54 Å². The summed E-state index contributed by atoms with van der Waals surface area (Å²) in [6.45, 7) is 3.88. The minimum Gasteiger partial charge on any atom is -0.339 e. The van der Waals surface area contributed by atoms with Gasteiger partial charge in [-0.1, -0.05) is 12.1 Å². The van der Waals surface area contributed by atoms with Crippen LogP contribution < -0.4 is 0 Å². The topological polar surface area (TPSA) is 72.9 Å². The largest absolute Gasteiger partial charge is 0.339 e. The summed E-state index contributed by atoms with van der Waals surface area (Å²) in [5, 5.41) is 12.9. The second kappa shape index (κ2) is 5.46. The van der Waals surface area contributed by atoms with Crippen molar-refractivity contribution in [2.24, 2.45) is 7.05 Å². The van der Waals surface area contributed by atoms with E-state index in [-0.39, 0.29) is 6.04 Å². The Morgan fingerprint density at radius 1 is 1.23 bits per heavy atom. The number of likely N-dealkylation sites (tertiary alicyclic amines) is 1. The number of hydrogen-bond donors (Lipinski definition) is 0. The molecule has 7 heteroatoms. The molecule has 2 aromatic rings. The highest BCUT2D eigenvalue weighted by Gasteiger charge is 2.33. The van der Waals surface area contributed by atoms with Crippen LogP contribution in [-0.2, 0) is 20.0 Å². The van der Waals surface area contributed by atoms with E-state index >= 15 is 0 Å². The standard InChI is InChI=1S/C15H22N6O/c1-3-13-16-14(19-22-13)11-5-4-8-21(11)9-12-17-18-15(20(12)2)10-6-7-10/h10-11H,3-9H2,1-2H3. The van der Waals surface area contributed by atoms with Crippen LogP contribution in [0.5, 0.6) is 0 Å². The van der Waals surface area contributed by atoms with E-state index in [0.717, 1.165) is 55.7 Å². The molecule has 0 amide bonds. The first-order valence-corrected chi connectivity index (χ1v) is 8.21. The van der Waals surface area contributed by atoms with Crippen LogP contribution in [0.15, 0.2) is 4.52 Å². The van der Waals surface area contributed by atoms with E-state index in [9.17, 15) is 0 Å². The van der Waals surface area contributed by atoms with Crippen LogP contribution in [0.2, 0.25) is 0 Å². The SMILES string of the molecule is CCc1nc(C2CCCN2Cc2nnc(C3CC3)n2C)no1. The van der Waals surface area contributed by atoms with Crippen molar-refractivity contribution in [3.63, 3.8) is 0 Å². The Morgan fingerprint density at radius 3 is 2.82 bits per heavy atom. The number of nitrogens with zero attached hydrogens (tertiary/aromatic N) is 6. The number of rotatable bonds is 5. The molecule has 1 saturated heterocycles. The molecule has 2 aromatic heterocycles. The van der Waals surface area contributed by atoms with Crippen LogP contribution in [0.25, 0.3) is 0 Å². The Hall–Kier alpha value is -1.76. The van der Waals surface area contributed by atoms with E-state index in [1.807, 2.05) is 6.92 Å². The van der Waals surface area contributed by atoms with Gasteiger partial charge in [0, 0.05) is 19.4 Å². The van der Waals surface area contributed by atoms with Gasteiger partial charge >= 0.3 is 0 Å². The summed E-state index contributed by atoms with van der Waals surface area (Å²) < 4.78 is 7.44. The smallest absolute Gasteiger partial charge is 0.226 e. The minimum absolute atomic E-state index is 0.241. The van der Waals surface area contributed by atoms with Crippen molar-refractivity contribution < 1.29 is 4.52 Å². The summed E-state index contributed by atoms with van der Waals surface area (Å²) in [6, 6.07) is 0.241. The summed E-state index contributed by atoms with van der Waals surface area (Å²) >= 11 is 0. The van der Waals surface area contributed by atoms with Crippen LogP contribution in [-0.4, -0.2) is 36.3 Å². The van der Waals surface area contributed by atoms with Crippen molar-refractivity contribution in [1.82, 2.24) is 29.8 Å². The fraction of sp³-hybridized carbons (Fsp3) is 0.733. The minimum atomic E-state index is 0.241. The van der Waals surface area contributed by atoms with Gasteiger partial charge in [-0.05, 0) is 32.2 Å². The molecule has 118 valence electrons. The Labute approximate surface area is 129 Å². The van der Waals surface area contributed by atoms with Crippen molar-refractivity contribution in [3.8, 4) is 0 Å². The monoisotopic (exact) mass is 302 g/mol. The molecule has 7 nitrogen and oxygen atoms in total. The zero-order valence-electron chi connectivity index (χ0n) is 13.2. The third kappa shape index (κ3) is 2.43. The Bertz CT molecular complexity index is 659. The zero-order valence-corrected chi connectivity index (χ0v) is 13.2. The average Bonchev–Trinajstić information content (AvgIpc) is 2.95. The van der Waals surface area contributed by atoms with Crippen molar-refractivity contribution >= 4 is 0 Å². The lowest BCUT2D eigenvalue weighted by molar-refractivity contribution is 0.226. The van der Waals surface area contributed by atoms with E-state index < -0.39 is 0 Å². The fourth-order valence-corrected chi connectivity index (χ4v) is 3.25. The van der Waals surface area contributed by atoms with Gasteiger partial charge in [-0.2, -0.15) is 4.98 Å². The maximum atomic E-state index is 5.27. The molecule has 4 rings (SSSR count). The lowest BCUT2D eigenvalue weighted by Crippen LogP contribution is -2.25.